The number of methoxy groups -OCH3 is 2. The van der Waals surface area contributed by atoms with Gasteiger partial charge in [0, 0.05) is 57.2 Å². The van der Waals surface area contributed by atoms with Crippen LogP contribution in [0.1, 0.15) is 77.3 Å². The number of nitrogens with one attached hydrogen (secondary N) is 1. The van der Waals surface area contributed by atoms with Crippen molar-refractivity contribution in [2.24, 2.45) is 28.4 Å². The van der Waals surface area contributed by atoms with Crippen molar-refractivity contribution in [2.75, 3.05) is 66.8 Å². The highest BCUT2D eigenvalue weighted by molar-refractivity contribution is 7.89. The van der Waals surface area contributed by atoms with Gasteiger partial charge in [-0.3, -0.25) is 10.1 Å². The van der Waals surface area contributed by atoms with E-state index in [0.717, 1.165) is 24.0 Å². The van der Waals surface area contributed by atoms with E-state index in [-0.39, 0.29) is 116 Å². The molecule has 0 aliphatic carbocycles. The van der Waals surface area contributed by atoms with Gasteiger partial charge in [0.15, 0.2) is 12.6 Å². The number of nitriles is 2. The number of sulfonamides is 2. The molecule has 5 aromatic rings. The molecule has 528 valence electrons. The van der Waals surface area contributed by atoms with Crippen LogP contribution in [0.2, 0.25) is 0 Å². The SMILES string of the molecule is COc1ccc(S(=O)(=O)N(C[C@@H](O)[C@@H](N)Cc2ccccc2)CC(C)(C)CCC#N)cc1.COc1ccc(S(=O)(=O)N(C[C@@H](O)[C@H](Cc2ccccc2)NC(=O)OC2CO[C@@H]3OCC[C@H]23)CC(C)(C)CCC#N)cc1.Cl.O=C(Oc1ccc([N+](=O)[O-])cc1)O[C@H]1CO[C@@H]2OCC[C@@H]21. The van der Waals surface area contributed by atoms with Gasteiger partial charge in [-0.25, -0.2) is 26.4 Å². The Bertz CT molecular complexity index is 3610. The van der Waals surface area contributed by atoms with Gasteiger partial charge in [-0.15, -0.1) is 12.4 Å². The highest BCUT2D eigenvalue weighted by Gasteiger charge is 2.46. The summed E-state index contributed by atoms with van der Waals surface area (Å²) in [6, 6.07) is 38.9. The Morgan fingerprint density at radius 1 is 0.649 bits per heavy atom. The average Bonchev–Trinajstić information content (AvgIpc) is 1.62. The summed E-state index contributed by atoms with van der Waals surface area (Å²) in [5.74, 6) is 1.23. The largest absolute Gasteiger partial charge is 0.514 e. The van der Waals surface area contributed by atoms with Crippen LogP contribution in [0.5, 0.6) is 17.2 Å². The molecule has 5 aromatic carbocycles. The number of non-ortho nitro benzene ring substituents is 1. The van der Waals surface area contributed by atoms with Crippen LogP contribution in [0, 0.1) is 55.4 Å². The predicted molar refractivity (Wildman–Crippen MR) is 357 cm³/mol. The number of amides is 1. The second kappa shape index (κ2) is 36.9. The first-order valence-electron chi connectivity index (χ1n) is 31.5. The van der Waals surface area contributed by atoms with Gasteiger partial charge in [0.2, 0.25) is 20.0 Å². The van der Waals surface area contributed by atoms with Gasteiger partial charge in [-0.2, -0.15) is 19.1 Å². The van der Waals surface area contributed by atoms with Crippen LogP contribution in [0.25, 0.3) is 0 Å². The molecule has 4 aliphatic rings. The first kappa shape index (κ1) is 78.4. The number of fused-ring (bicyclic) bond motifs is 2. The maximum Gasteiger partial charge on any atom is 0.514 e. The zero-order chi connectivity index (χ0) is 69.6. The van der Waals surface area contributed by atoms with Gasteiger partial charge in [0.1, 0.15) is 29.5 Å². The molecule has 1 unspecified atom stereocenters. The number of ether oxygens (including phenoxy) is 9. The summed E-state index contributed by atoms with van der Waals surface area (Å²) in [6.45, 7) is 8.98. The second-order valence-electron chi connectivity index (χ2n) is 25.3. The number of nitro groups is 1. The number of hydrogen-bond acceptors (Lipinski definition) is 22. The summed E-state index contributed by atoms with van der Waals surface area (Å²) < 4.78 is 105. The molecule has 0 saturated carbocycles. The number of nitrogens with zero attached hydrogens (tertiary/aromatic N) is 5. The minimum atomic E-state index is -4.08. The Labute approximate surface area is 573 Å². The Morgan fingerprint density at radius 2 is 1.07 bits per heavy atom. The second-order valence-corrected chi connectivity index (χ2v) is 29.1. The first-order chi connectivity index (χ1) is 45.7. The highest BCUT2D eigenvalue weighted by Crippen LogP contribution is 2.36. The van der Waals surface area contributed by atoms with Crippen molar-refractivity contribution in [1.29, 1.82) is 10.5 Å². The Balaban J connectivity index is 0.000000242. The number of aliphatic hydroxyl groups excluding tert-OH is 2. The van der Waals surface area contributed by atoms with Crippen molar-refractivity contribution < 1.29 is 84.2 Å². The highest BCUT2D eigenvalue weighted by atomic mass is 35.5. The van der Waals surface area contributed by atoms with Crippen LogP contribution >= 0.6 is 12.4 Å². The minimum Gasteiger partial charge on any atom is -0.497 e. The number of nitro benzene ring substituents is 1. The zero-order valence-corrected chi connectivity index (χ0v) is 57.6. The first-order valence-corrected chi connectivity index (χ1v) is 34.4. The van der Waals surface area contributed by atoms with Crippen molar-refractivity contribution in [3.63, 3.8) is 0 Å². The number of alkyl carbamates (subject to hydrolysis) is 1. The van der Waals surface area contributed by atoms with E-state index in [9.17, 15) is 46.8 Å². The predicted octanol–water partition coefficient (Wildman–Crippen LogP) is 8.72. The van der Waals surface area contributed by atoms with Crippen LogP contribution < -0.4 is 25.3 Å². The van der Waals surface area contributed by atoms with Crippen molar-refractivity contribution >= 4 is 50.4 Å². The summed E-state index contributed by atoms with van der Waals surface area (Å²) in [7, 11) is -4.98. The van der Waals surface area contributed by atoms with Crippen LogP contribution in [-0.4, -0.2) is 169 Å². The van der Waals surface area contributed by atoms with Crippen LogP contribution in [-0.2, 0) is 61.3 Å². The number of aliphatic hydroxyl groups is 2. The zero-order valence-electron chi connectivity index (χ0n) is 55.2. The van der Waals surface area contributed by atoms with E-state index in [1.54, 1.807) is 24.3 Å². The molecule has 1 amide bonds. The number of halogens is 1. The monoisotopic (exact) mass is 1410 g/mol. The van der Waals surface area contributed by atoms with Crippen molar-refractivity contribution in [3.05, 3.63) is 155 Å². The molecule has 10 atom stereocenters. The maximum absolute atomic E-state index is 13.9. The number of nitrogens with two attached hydrogens (primary N) is 1. The molecule has 0 bridgehead atoms. The third kappa shape index (κ3) is 23.3. The lowest BCUT2D eigenvalue weighted by Gasteiger charge is -2.35. The molecule has 0 aromatic heterocycles. The molecule has 26 nitrogen and oxygen atoms in total. The molecule has 4 saturated heterocycles. The Kier molecular flexibility index (Phi) is 29.8. The van der Waals surface area contributed by atoms with E-state index < -0.39 is 78.4 Å². The lowest BCUT2D eigenvalue weighted by atomic mass is 9.88. The third-order valence-corrected chi connectivity index (χ3v) is 20.5. The van der Waals surface area contributed by atoms with Gasteiger partial charge in [0.05, 0.1) is 97.6 Å². The summed E-state index contributed by atoms with van der Waals surface area (Å²) in [5.41, 5.74) is 6.94. The molecule has 4 aliphatic heterocycles. The molecule has 29 heteroatoms. The van der Waals surface area contributed by atoms with Crippen molar-refractivity contribution in [3.8, 4) is 29.4 Å². The van der Waals surface area contributed by atoms with Crippen LogP contribution in [0.15, 0.2) is 143 Å². The van der Waals surface area contributed by atoms with Gasteiger partial charge in [0.25, 0.3) is 5.69 Å². The number of carbonyl (C=O) groups is 2. The molecule has 0 radical (unpaired) electrons. The normalized spacial score (nSPS) is 20.1. The fourth-order valence-corrected chi connectivity index (χ4v) is 14.6. The summed E-state index contributed by atoms with van der Waals surface area (Å²) in [4.78, 5) is 34.9. The molecular weight excluding hydrogens is 1320 g/mol. The fraction of sp³-hybridized carbons (Fsp3) is 0.500. The smallest absolute Gasteiger partial charge is 0.497 e. The van der Waals surface area contributed by atoms with E-state index in [4.69, 9.17) is 58.9 Å². The molecule has 4 heterocycles. The standard InChI is InChI=1S/C31H41N3O8S.C24H33N3O4S.C13H13NO7.ClH/c1-31(2,15-7-16-32)21-34(43(37,38)24-12-10-23(39-3)11-13-24)19-27(35)26(18-22-8-5-4-6-9-22)33-30(36)42-28-20-41-29-25(28)14-17-40-29;1-24(2,14-7-15-25)18-27(32(29,30)21-12-10-20(31-3)11-13-21)17-23(28)22(26)16-19-8-5-4-6-9-19;15-13(20-9-3-1-8(2-4-9)14(16)17)21-11-7-19-12-10(11)5-6-18-12;/h4-6,8-13,25-29,35H,7,14-15,17-21H2,1-3H3,(H,33,36);4-6,8-13,22-23,28H,7,14,16-18,26H2,1-3H3;1-4,10-12H,5-7H2;1H/t25-,26+,27-,28?,29+;22-,23+;10-,11+,12+;/m101./s1. The fourth-order valence-electron chi connectivity index (χ4n) is 11.3. The minimum absolute atomic E-state index is 0. The molecule has 5 N–H and O–H groups in total. The van der Waals surface area contributed by atoms with E-state index >= 15 is 0 Å². The van der Waals surface area contributed by atoms with E-state index in [1.165, 1.54) is 71.4 Å². The molecule has 0 spiro atoms. The van der Waals surface area contributed by atoms with Crippen molar-refractivity contribution in [1.82, 2.24) is 13.9 Å². The van der Waals surface area contributed by atoms with Gasteiger partial charge in [-0.1, -0.05) is 88.4 Å². The number of rotatable bonds is 29. The Hall–Kier alpha value is -7.55. The molecule has 4 fully saturated rings. The number of hydrogen-bond donors (Lipinski definition) is 4. The van der Waals surface area contributed by atoms with Crippen LogP contribution in [0.3, 0.4) is 0 Å². The maximum atomic E-state index is 13.9. The van der Waals surface area contributed by atoms with E-state index in [1.807, 2.05) is 88.4 Å². The van der Waals surface area contributed by atoms with Gasteiger partial charge < -0.3 is 63.9 Å². The molecule has 9 rings (SSSR count). The third-order valence-electron chi connectivity index (χ3n) is 16.8. The van der Waals surface area contributed by atoms with Gasteiger partial charge in [-0.05, 0) is 121 Å². The number of benzene rings is 5. The van der Waals surface area contributed by atoms with Crippen molar-refractivity contribution in [2.45, 2.75) is 138 Å². The topological polar surface area (TPSA) is 361 Å². The molecule has 97 heavy (non-hydrogen) atoms. The lowest BCUT2D eigenvalue weighted by molar-refractivity contribution is -0.384. The number of carbonyl (C=O) groups excluding carboxylic acids is 2. The molecular formula is C68H88ClN7O19S2. The van der Waals surface area contributed by atoms with Crippen LogP contribution in [0.4, 0.5) is 15.3 Å². The van der Waals surface area contributed by atoms with Gasteiger partial charge >= 0.3 is 12.2 Å². The lowest BCUT2D eigenvalue weighted by Crippen LogP contribution is -2.52. The summed E-state index contributed by atoms with van der Waals surface area (Å²) >= 11 is 0. The summed E-state index contributed by atoms with van der Waals surface area (Å²) in [6.07, 6.45) is -1.75. The average molecular weight is 1410 g/mol. The quantitative estimate of drug-likeness (QED) is 0.0150. The summed E-state index contributed by atoms with van der Waals surface area (Å²) in [5, 5.41) is 53.8. The van der Waals surface area contributed by atoms with E-state index in [2.05, 4.69) is 17.5 Å². The van der Waals surface area contributed by atoms with E-state index in [0.29, 0.717) is 50.4 Å². The Morgan fingerprint density at radius 3 is 1.51 bits per heavy atom.